The Morgan fingerprint density at radius 2 is 1.69 bits per heavy atom. The van der Waals surface area contributed by atoms with E-state index in [1.165, 1.54) is 5.56 Å². The summed E-state index contributed by atoms with van der Waals surface area (Å²) in [6.07, 6.45) is 1.88. The molecule has 1 amide bonds. The van der Waals surface area contributed by atoms with Crippen LogP contribution in [0.2, 0.25) is 0 Å². The van der Waals surface area contributed by atoms with Gasteiger partial charge in [-0.25, -0.2) is 0 Å². The number of amides is 1. The summed E-state index contributed by atoms with van der Waals surface area (Å²) in [4.78, 5) is 12.5. The molecule has 0 fully saturated rings. The molecule has 150 valence electrons. The highest BCUT2D eigenvalue weighted by Gasteiger charge is 2.09. The quantitative estimate of drug-likeness (QED) is 0.508. The molecule has 1 unspecified atom stereocenters. The van der Waals surface area contributed by atoms with E-state index in [2.05, 4.69) is 24.4 Å². The zero-order valence-electron chi connectivity index (χ0n) is 16.9. The largest absolute Gasteiger partial charge is 0.493 e. The Kier molecular flexibility index (Phi) is 7.28. The third-order valence-corrected chi connectivity index (χ3v) is 4.62. The van der Waals surface area contributed by atoms with Crippen molar-refractivity contribution in [3.63, 3.8) is 0 Å². The highest BCUT2D eigenvalue weighted by molar-refractivity contribution is 6.04. The van der Waals surface area contributed by atoms with Crippen molar-refractivity contribution in [2.45, 2.75) is 32.8 Å². The second-order valence-corrected chi connectivity index (χ2v) is 6.93. The molecule has 0 saturated heterocycles. The average Bonchev–Trinajstić information content (AvgIpc) is 2.76. The van der Waals surface area contributed by atoms with E-state index in [0.29, 0.717) is 17.9 Å². The first-order valence-electron chi connectivity index (χ1n) is 9.99. The maximum atomic E-state index is 12.5. The lowest BCUT2D eigenvalue weighted by Crippen LogP contribution is -2.13. The molecular weight excluding hydrogens is 362 g/mol. The molecule has 3 aromatic rings. The standard InChI is InChI=1S/C25H27NO3/c1-3-19(2)29-24-11-7-10-21(18-24)25(27)26-22-12-14-23(15-13-22)28-17-16-20-8-5-4-6-9-20/h4-15,18-19H,3,16-17H2,1-2H3,(H,26,27). The Balaban J connectivity index is 1.52. The molecular formula is C25H27NO3. The van der Waals surface area contributed by atoms with Crippen molar-refractivity contribution >= 4 is 11.6 Å². The lowest BCUT2D eigenvalue weighted by Gasteiger charge is -2.13. The van der Waals surface area contributed by atoms with Gasteiger partial charge in [0.2, 0.25) is 0 Å². The normalized spacial score (nSPS) is 11.5. The lowest BCUT2D eigenvalue weighted by molar-refractivity contribution is 0.102. The van der Waals surface area contributed by atoms with Crippen molar-refractivity contribution < 1.29 is 14.3 Å². The van der Waals surface area contributed by atoms with Crippen LogP contribution in [0.1, 0.15) is 36.2 Å². The maximum absolute atomic E-state index is 12.5. The molecule has 0 heterocycles. The van der Waals surface area contributed by atoms with Crippen molar-refractivity contribution in [3.05, 3.63) is 90.0 Å². The van der Waals surface area contributed by atoms with Crippen LogP contribution in [0.15, 0.2) is 78.9 Å². The monoisotopic (exact) mass is 389 g/mol. The van der Waals surface area contributed by atoms with Gasteiger partial charge in [-0.3, -0.25) is 4.79 Å². The number of carbonyl (C=O) groups is 1. The van der Waals surface area contributed by atoms with Gasteiger partial charge in [-0.2, -0.15) is 0 Å². The number of hydrogen-bond donors (Lipinski definition) is 1. The third-order valence-electron chi connectivity index (χ3n) is 4.62. The molecule has 0 aliphatic rings. The number of anilines is 1. The zero-order chi connectivity index (χ0) is 20.5. The van der Waals surface area contributed by atoms with Crippen LogP contribution in [0.5, 0.6) is 11.5 Å². The SMILES string of the molecule is CCC(C)Oc1cccc(C(=O)Nc2ccc(OCCc3ccccc3)cc2)c1. The maximum Gasteiger partial charge on any atom is 0.255 e. The van der Waals surface area contributed by atoms with Gasteiger partial charge in [0.1, 0.15) is 11.5 Å². The zero-order valence-corrected chi connectivity index (χ0v) is 16.9. The third kappa shape index (κ3) is 6.39. The van der Waals surface area contributed by atoms with E-state index in [1.807, 2.05) is 61.5 Å². The average molecular weight is 389 g/mol. The van der Waals surface area contributed by atoms with Gasteiger partial charge in [-0.15, -0.1) is 0 Å². The second kappa shape index (κ2) is 10.3. The predicted molar refractivity (Wildman–Crippen MR) is 117 cm³/mol. The van der Waals surface area contributed by atoms with E-state index in [-0.39, 0.29) is 12.0 Å². The number of ether oxygens (including phenoxy) is 2. The van der Waals surface area contributed by atoms with Gasteiger partial charge < -0.3 is 14.8 Å². The summed E-state index contributed by atoms with van der Waals surface area (Å²) in [5.74, 6) is 1.31. The number of hydrogen-bond acceptors (Lipinski definition) is 3. The highest BCUT2D eigenvalue weighted by atomic mass is 16.5. The second-order valence-electron chi connectivity index (χ2n) is 6.93. The number of benzene rings is 3. The summed E-state index contributed by atoms with van der Waals surface area (Å²) in [6.45, 7) is 4.69. The molecule has 0 aliphatic heterocycles. The minimum absolute atomic E-state index is 0.114. The van der Waals surface area contributed by atoms with Crippen LogP contribution in [0.4, 0.5) is 5.69 Å². The van der Waals surface area contributed by atoms with Crippen LogP contribution in [-0.4, -0.2) is 18.6 Å². The molecule has 1 atom stereocenters. The van der Waals surface area contributed by atoms with E-state index in [4.69, 9.17) is 9.47 Å². The summed E-state index contributed by atoms with van der Waals surface area (Å²) >= 11 is 0. The van der Waals surface area contributed by atoms with Crippen LogP contribution in [0.25, 0.3) is 0 Å². The van der Waals surface area contributed by atoms with Crippen LogP contribution in [-0.2, 0) is 6.42 Å². The Morgan fingerprint density at radius 1 is 0.931 bits per heavy atom. The van der Waals surface area contributed by atoms with Gasteiger partial charge in [0.15, 0.2) is 0 Å². The molecule has 3 rings (SSSR count). The Bertz CT molecular complexity index is 907. The lowest BCUT2D eigenvalue weighted by atomic mass is 10.2. The molecule has 0 saturated carbocycles. The smallest absolute Gasteiger partial charge is 0.255 e. The van der Waals surface area contributed by atoms with Crippen LogP contribution in [0.3, 0.4) is 0 Å². The number of carbonyl (C=O) groups excluding carboxylic acids is 1. The van der Waals surface area contributed by atoms with Crippen molar-refractivity contribution in [2.75, 3.05) is 11.9 Å². The van der Waals surface area contributed by atoms with Gasteiger partial charge in [0.05, 0.1) is 12.7 Å². The van der Waals surface area contributed by atoms with E-state index in [9.17, 15) is 4.79 Å². The Labute approximate surface area is 172 Å². The summed E-state index contributed by atoms with van der Waals surface area (Å²) < 4.78 is 11.6. The first-order valence-corrected chi connectivity index (χ1v) is 9.99. The fraction of sp³-hybridized carbons (Fsp3) is 0.240. The molecule has 1 N–H and O–H groups in total. The highest BCUT2D eigenvalue weighted by Crippen LogP contribution is 2.19. The van der Waals surface area contributed by atoms with E-state index < -0.39 is 0 Å². The fourth-order valence-corrected chi connectivity index (χ4v) is 2.80. The van der Waals surface area contributed by atoms with Gasteiger partial charge in [-0.1, -0.05) is 43.3 Å². The van der Waals surface area contributed by atoms with Crippen molar-refractivity contribution in [1.82, 2.24) is 0 Å². The summed E-state index contributed by atoms with van der Waals surface area (Å²) in [7, 11) is 0. The molecule has 29 heavy (non-hydrogen) atoms. The molecule has 0 bridgehead atoms. The number of nitrogens with one attached hydrogen (secondary N) is 1. The molecule has 3 aromatic carbocycles. The summed E-state index contributed by atoms with van der Waals surface area (Å²) in [5, 5.41) is 2.91. The summed E-state index contributed by atoms with van der Waals surface area (Å²) in [5.41, 5.74) is 2.53. The van der Waals surface area contributed by atoms with Gasteiger partial charge >= 0.3 is 0 Å². The van der Waals surface area contributed by atoms with Crippen molar-refractivity contribution in [3.8, 4) is 11.5 Å². The topological polar surface area (TPSA) is 47.6 Å². The van der Waals surface area contributed by atoms with Crippen LogP contribution >= 0.6 is 0 Å². The molecule has 4 nitrogen and oxygen atoms in total. The fourth-order valence-electron chi connectivity index (χ4n) is 2.80. The minimum Gasteiger partial charge on any atom is -0.493 e. The minimum atomic E-state index is -0.169. The van der Waals surface area contributed by atoms with Gasteiger partial charge in [-0.05, 0) is 61.4 Å². The molecule has 0 aromatic heterocycles. The molecule has 0 aliphatic carbocycles. The van der Waals surface area contributed by atoms with E-state index in [0.717, 1.165) is 24.3 Å². The first kappa shape index (κ1) is 20.5. The molecule has 0 spiro atoms. The van der Waals surface area contributed by atoms with E-state index >= 15 is 0 Å². The van der Waals surface area contributed by atoms with Crippen LogP contribution in [0, 0.1) is 0 Å². The molecule has 4 heteroatoms. The van der Waals surface area contributed by atoms with Crippen molar-refractivity contribution in [2.24, 2.45) is 0 Å². The number of rotatable bonds is 9. The van der Waals surface area contributed by atoms with E-state index in [1.54, 1.807) is 12.1 Å². The Hall–Kier alpha value is -3.27. The summed E-state index contributed by atoms with van der Waals surface area (Å²) in [6, 6.07) is 24.9. The van der Waals surface area contributed by atoms with Gasteiger partial charge in [0, 0.05) is 17.7 Å². The van der Waals surface area contributed by atoms with Crippen molar-refractivity contribution in [1.29, 1.82) is 0 Å². The first-order chi connectivity index (χ1) is 14.1. The van der Waals surface area contributed by atoms with Gasteiger partial charge in [0.25, 0.3) is 5.91 Å². The predicted octanol–water partition coefficient (Wildman–Crippen LogP) is 5.74. The molecule has 0 radical (unpaired) electrons. The van der Waals surface area contributed by atoms with Crippen LogP contribution < -0.4 is 14.8 Å². The Morgan fingerprint density at radius 3 is 2.41 bits per heavy atom.